The van der Waals surface area contributed by atoms with Gasteiger partial charge in [-0.1, -0.05) is 11.6 Å². The van der Waals surface area contributed by atoms with Crippen LogP contribution in [-0.4, -0.2) is 41.5 Å². The predicted octanol–water partition coefficient (Wildman–Crippen LogP) is 1.05. The quantitative estimate of drug-likeness (QED) is 0.263. The maximum absolute atomic E-state index is 12.6. The molecule has 0 radical (unpaired) electrons. The van der Waals surface area contributed by atoms with Gasteiger partial charge >= 0.3 is 6.18 Å². The SMILES string of the molecule is NC(=NO)C(CNCC1CCCC(O)C1)C(F)(F)F. The minimum atomic E-state index is -4.55. The summed E-state index contributed by atoms with van der Waals surface area (Å²) in [4.78, 5) is 0. The molecule has 112 valence electrons. The molecule has 0 amide bonds. The van der Waals surface area contributed by atoms with Crippen molar-refractivity contribution in [2.75, 3.05) is 13.1 Å². The van der Waals surface area contributed by atoms with E-state index in [0.29, 0.717) is 13.0 Å². The number of hydrogen-bond donors (Lipinski definition) is 4. The number of nitrogens with one attached hydrogen (secondary N) is 1. The molecule has 1 aliphatic rings. The van der Waals surface area contributed by atoms with Crippen LogP contribution in [0.15, 0.2) is 5.16 Å². The highest BCUT2D eigenvalue weighted by Crippen LogP contribution is 2.27. The summed E-state index contributed by atoms with van der Waals surface area (Å²) < 4.78 is 37.9. The fourth-order valence-electron chi connectivity index (χ4n) is 2.34. The highest BCUT2D eigenvalue weighted by Gasteiger charge is 2.42. The van der Waals surface area contributed by atoms with Crippen molar-refractivity contribution in [2.24, 2.45) is 22.7 Å². The summed E-state index contributed by atoms with van der Waals surface area (Å²) in [6, 6.07) is 0. The lowest BCUT2D eigenvalue weighted by Crippen LogP contribution is -2.44. The van der Waals surface area contributed by atoms with E-state index in [1.807, 2.05) is 0 Å². The van der Waals surface area contributed by atoms with Gasteiger partial charge in [0.1, 0.15) is 5.92 Å². The average molecular weight is 283 g/mol. The minimum Gasteiger partial charge on any atom is -0.409 e. The zero-order valence-corrected chi connectivity index (χ0v) is 10.5. The van der Waals surface area contributed by atoms with Crippen LogP contribution < -0.4 is 11.1 Å². The van der Waals surface area contributed by atoms with Crippen molar-refractivity contribution < 1.29 is 23.5 Å². The molecule has 3 unspecified atom stereocenters. The Balaban J connectivity index is 2.40. The van der Waals surface area contributed by atoms with Crippen LogP contribution in [0.5, 0.6) is 0 Å². The molecule has 5 nitrogen and oxygen atoms in total. The number of nitrogens with two attached hydrogens (primary N) is 1. The summed E-state index contributed by atoms with van der Waals surface area (Å²) in [6.07, 6.45) is -1.77. The molecular weight excluding hydrogens is 263 g/mol. The van der Waals surface area contributed by atoms with Crippen LogP contribution >= 0.6 is 0 Å². The lowest BCUT2D eigenvalue weighted by Gasteiger charge is -2.27. The van der Waals surface area contributed by atoms with Gasteiger partial charge in [0.15, 0.2) is 5.84 Å². The molecular formula is C11H20F3N3O2. The smallest absolute Gasteiger partial charge is 0.400 e. The van der Waals surface area contributed by atoms with Gasteiger partial charge in [0, 0.05) is 6.54 Å². The van der Waals surface area contributed by atoms with Crippen LogP contribution in [0, 0.1) is 11.8 Å². The lowest BCUT2D eigenvalue weighted by molar-refractivity contribution is -0.155. The van der Waals surface area contributed by atoms with E-state index in [-0.39, 0.29) is 12.0 Å². The Morgan fingerprint density at radius 3 is 2.63 bits per heavy atom. The third kappa shape index (κ3) is 5.23. The van der Waals surface area contributed by atoms with E-state index in [9.17, 15) is 18.3 Å². The van der Waals surface area contributed by atoms with Gasteiger partial charge in [-0.15, -0.1) is 0 Å². The van der Waals surface area contributed by atoms with E-state index in [1.165, 1.54) is 0 Å². The van der Waals surface area contributed by atoms with E-state index < -0.39 is 24.5 Å². The van der Waals surface area contributed by atoms with Gasteiger partial charge in [0.05, 0.1) is 6.10 Å². The third-order valence-electron chi connectivity index (χ3n) is 3.40. The van der Waals surface area contributed by atoms with Crippen molar-refractivity contribution in [3.05, 3.63) is 0 Å². The Morgan fingerprint density at radius 2 is 2.11 bits per heavy atom. The number of rotatable bonds is 5. The fourth-order valence-corrected chi connectivity index (χ4v) is 2.34. The predicted molar refractivity (Wildman–Crippen MR) is 63.8 cm³/mol. The van der Waals surface area contributed by atoms with E-state index in [4.69, 9.17) is 10.9 Å². The topological polar surface area (TPSA) is 90.9 Å². The Labute approximate surface area is 109 Å². The summed E-state index contributed by atoms with van der Waals surface area (Å²) in [5, 5.41) is 22.9. The molecule has 5 N–H and O–H groups in total. The van der Waals surface area contributed by atoms with Gasteiger partial charge in [-0.05, 0) is 31.7 Å². The molecule has 0 heterocycles. The second kappa shape index (κ2) is 6.95. The summed E-state index contributed by atoms with van der Waals surface area (Å²) >= 11 is 0. The normalized spacial score (nSPS) is 27.3. The molecule has 1 aliphatic carbocycles. The largest absolute Gasteiger partial charge is 0.409 e. The maximum atomic E-state index is 12.6. The van der Waals surface area contributed by atoms with Crippen LogP contribution in [-0.2, 0) is 0 Å². The van der Waals surface area contributed by atoms with E-state index in [0.717, 1.165) is 19.3 Å². The molecule has 0 aliphatic heterocycles. The minimum absolute atomic E-state index is 0.171. The van der Waals surface area contributed by atoms with Crippen LogP contribution in [0.1, 0.15) is 25.7 Å². The highest BCUT2D eigenvalue weighted by molar-refractivity contribution is 5.83. The van der Waals surface area contributed by atoms with E-state index in [1.54, 1.807) is 0 Å². The first-order chi connectivity index (χ1) is 8.84. The van der Waals surface area contributed by atoms with E-state index in [2.05, 4.69) is 10.5 Å². The Bertz CT molecular complexity index is 310. The molecule has 8 heteroatoms. The van der Waals surface area contributed by atoms with Crippen LogP contribution in [0.4, 0.5) is 13.2 Å². The molecule has 1 fully saturated rings. The monoisotopic (exact) mass is 283 g/mol. The zero-order chi connectivity index (χ0) is 14.5. The number of nitrogens with zero attached hydrogens (tertiary/aromatic N) is 1. The first kappa shape index (κ1) is 16.0. The average Bonchev–Trinajstić information content (AvgIpc) is 2.32. The number of halogens is 3. The second-order valence-electron chi connectivity index (χ2n) is 4.96. The number of hydrogen-bond acceptors (Lipinski definition) is 4. The molecule has 19 heavy (non-hydrogen) atoms. The first-order valence-electron chi connectivity index (χ1n) is 6.27. The van der Waals surface area contributed by atoms with Crippen molar-refractivity contribution in [1.29, 1.82) is 0 Å². The molecule has 0 bridgehead atoms. The van der Waals surface area contributed by atoms with E-state index >= 15 is 0 Å². The van der Waals surface area contributed by atoms with Gasteiger partial charge in [0.25, 0.3) is 0 Å². The molecule has 0 aromatic rings. The third-order valence-corrected chi connectivity index (χ3v) is 3.40. The Kier molecular flexibility index (Phi) is 5.86. The summed E-state index contributed by atoms with van der Waals surface area (Å²) in [7, 11) is 0. The van der Waals surface area contributed by atoms with Crippen molar-refractivity contribution in [2.45, 2.75) is 38.0 Å². The molecule has 0 saturated heterocycles. The lowest BCUT2D eigenvalue weighted by atomic mass is 9.87. The van der Waals surface area contributed by atoms with Crippen LogP contribution in [0.2, 0.25) is 0 Å². The number of aliphatic hydroxyl groups is 1. The summed E-state index contributed by atoms with van der Waals surface area (Å²) in [6.45, 7) is -0.0334. The number of aliphatic hydroxyl groups excluding tert-OH is 1. The van der Waals surface area contributed by atoms with Gasteiger partial charge in [-0.2, -0.15) is 13.2 Å². The van der Waals surface area contributed by atoms with Crippen LogP contribution in [0.25, 0.3) is 0 Å². The second-order valence-corrected chi connectivity index (χ2v) is 4.96. The number of alkyl halides is 3. The number of oxime groups is 1. The summed E-state index contributed by atoms with van der Waals surface area (Å²) in [5.41, 5.74) is 5.04. The summed E-state index contributed by atoms with van der Waals surface area (Å²) in [5.74, 6) is -2.67. The standard InChI is InChI=1S/C11H20F3N3O2/c12-11(13,14)9(10(15)17-19)6-16-5-7-2-1-3-8(18)4-7/h7-9,16,18-19H,1-6H2,(H2,15,17). The van der Waals surface area contributed by atoms with Crippen molar-refractivity contribution >= 4 is 5.84 Å². The molecule has 0 aromatic heterocycles. The highest BCUT2D eigenvalue weighted by atomic mass is 19.4. The molecule has 3 atom stereocenters. The molecule has 0 spiro atoms. The molecule has 0 aromatic carbocycles. The molecule has 1 rings (SSSR count). The fraction of sp³-hybridized carbons (Fsp3) is 0.909. The van der Waals surface area contributed by atoms with Crippen molar-refractivity contribution in [3.63, 3.8) is 0 Å². The number of amidine groups is 1. The van der Waals surface area contributed by atoms with Gasteiger partial charge in [0.2, 0.25) is 0 Å². The van der Waals surface area contributed by atoms with Crippen LogP contribution in [0.3, 0.4) is 0 Å². The maximum Gasteiger partial charge on any atom is 0.400 e. The Hall–Kier alpha value is -1.02. The van der Waals surface area contributed by atoms with Crippen molar-refractivity contribution in [3.8, 4) is 0 Å². The van der Waals surface area contributed by atoms with Gasteiger partial charge < -0.3 is 21.4 Å². The first-order valence-corrected chi connectivity index (χ1v) is 6.27. The zero-order valence-electron chi connectivity index (χ0n) is 10.5. The Morgan fingerprint density at radius 1 is 1.42 bits per heavy atom. The van der Waals surface area contributed by atoms with Gasteiger partial charge in [-0.3, -0.25) is 0 Å². The van der Waals surface area contributed by atoms with Gasteiger partial charge in [-0.25, -0.2) is 0 Å². The molecule has 1 saturated carbocycles. The van der Waals surface area contributed by atoms with Crippen molar-refractivity contribution in [1.82, 2.24) is 5.32 Å².